The number of aliphatic hydroxyl groups excluding tert-OH is 1. The van der Waals surface area contributed by atoms with E-state index in [9.17, 15) is 14.7 Å². The van der Waals surface area contributed by atoms with Crippen molar-refractivity contribution in [3.63, 3.8) is 0 Å². The van der Waals surface area contributed by atoms with Gasteiger partial charge in [0.2, 0.25) is 0 Å². The molecular weight excluding hydrogens is 388 g/mol. The molecule has 2 aromatic rings. The van der Waals surface area contributed by atoms with E-state index in [0.29, 0.717) is 46.2 Å². The van der Waals surface area contributed by atoms with Crippen LogP contribution in [0.25, 0.3) is 5.57 Å². The summed E-state index contributed by atoms with van der Waals surface area (Å²) in [7, 11) is 0. The molecule has 29 heavy (non-hydrogen) atoms. The summed E-state index contributed by atoms with van der Waals surface area (Å²) >= 11 is 6.26. The van der Waals surface area contributed by atoms with Gasteiger partial charge in [0.15, 0.2) is 0 Å². The van der Waals surface area contributed by atoms with Crippen molar-refractivity contribution in [2.75, 3.05) is 24.6 Å². The van der Waals surface area contributed by atoms with Crippen LogP contribution in [0.2, 0.25) is 5.02 Å². The maximum Gasteiger partial charge on any atom is 0.282 e. The maximum absolute atomic E-state index is 13.6. The average molecular weight is 411 g/mol. The highest BCUT2D eigenvalue weighted by molar-refractivity contribution is 6.46. The highest BCUT2D eigenvalue weighted by Gasteiger charge is 2.43. The quantitative estimate of drug-likeness (QED) is 0.782. The molecule has 2 aromatic carbocycles. The van der Waals surface area contributed by atoms with Crippen molar-refractivity contribution < 1.29 is 14.7 Å². The smallest absolute Gasteiger partial charge is 0.282 e. The summed E-state index contributed by atoms with van der Waals surface area (Å²) in [5.74, 6) is -0.580. The summed E-state index contributed by atoms with van der Waals surface area (Å²) in [6.07, 6.45) is 1.79. The molecule has 1 unspecified atom stereocenters. The van der Waals surface area contributed by atoms with E-state index in [2.05, 4.69) is 0 Å². The highest BCUT2D eigenvalue weighted by atomic mass is 35.5. The number of nitrogens with zero attached hydrogens (tertiary/aromatic N) is 2. The van der Waals surface area contributed by atoms with Gasteiger partial charge in [-0.2, -0.15) is 0 Å². The van der Waals surface area contributed by atoms with Gasteiger partial charge in [-0.3, -0.25) is 9.59 Å². The van der Waals surface area contributed by atoms with Crippen molar-refractivity contribution in [2.24, 2.45) is 5.92 Å². The largest absolute Gasteiger partial charge is 0.396 e. The molecule has 150 valence electrons. The van der Waals surface area contributed by atoms with Crippen molar-refractivity contribution >= 4 is 34.7 Å². The summed E-state index contributed by atoms with van der Waals surface area (Å²) in [6, 6.07) is 14.5. The van der Waals surface area contributed by atoms with Gasteiger partial charge < -0.3 is 10.0 Å². The number of amides is 2. The molecule has 2 heterocycles. The number of aliphatic hydroxyl groups is 1. The first-order chi connectivity index (χ1) is 14.0. The van der Waals surface area contributed by atoms with E-state index in [4.69, 9.17) is 11.6 Å². The minimum Gasteiger partial charge on any atom is -0.396 e. The fraction of sp³-hybridized carbons (Fsp3) is 0.304. The first-order valence-corrected chi connectivity index (χ1v) is 10.2. The van der Waals surface area contributed by atoms with Gasteiger partial charge >= 0.3 is 0 Å². The Balaban J connectivity index is 1.83. The van der Waals surface area contributed by atoms with Crippen molar-refractivity contribution in [2.45, 2.75) is 19.8 Å². The van der Waals surface area contributed by atoms with Crippen LogP contribution in [0.5, 0.6) is 0 Å². The van der Waals surface area contributed by atoms with Gasteiger partial charge in [-0.1, -0.05) is 48.0 Å². The Kier molecular flexibility index (Phi) is 5.43. The van der Waals surface area contributed by atoms with Gasteiger partial charge in [-0.25, -0.2) is 4.90 Å². The third-order valence-corrected chi connectivity index (χ3v) is 6.10. The molecule has 0 radical (unpaired) electrons. The molecule has 2 amide bonds. The zero-order valence-electron chi connectivity index (χ0n) is 16.3. The van der Waals surface area contributed by atoms with Crippen molar-refractivity contribution in [3.8, 4) is 0 Å². The second kappa shape index (κ2) is 8.01. The zero-order chi connectivity index (χ0) is 20.5. The Morgan fingerprint density at radius 2 is 1.83 bits per heavy atom. The summed E-state index contributed by atoms with van der Waals surface area (Å²) in [6.45, 7) is 3.12. The van der Waals surface area contributed by atoms with Crippen LogP contribution in [0.1, 0.15) is 24.0 Å². The predicted molar refractivity (Wildman–Crippen MR) is 113 cm³/mol. The van der Waals surface area contributed by atoms with Crippen LogP contribution in [-0.4, -0.2) is 41.5 Å². The number of anilines is 1. The van der Waals surface area contributed by atoms with E-state index < -0.39 is 0 Å². The Morgan fingerprint density at radius 3 is 2.55 bits per heavy atom. The maximum atomic E-state index is 13.6. The molecule has 0 bridgehead atoms. The molecule has 1 atom stereocenters. The standard InChI is InChI=1S/C23H23ClN2O3/c1-15-18(24)10-5-11-19(15)26-22(28)20(17-8-3-2-4-9-17)21(23(26)29)25-12-6-7-16(13-25)14-27/h2-5,8-11,16,27H,6-7,12-14H2,1H3. The fourth-order valence-corrected chi connectivity index (χ4v) is 4.32. The lowest BCUT2D eigenvalue weighted by Crippen LogP contribution is -2.40. The number of halogens is 1. The number of benzene rings is 2. The first-order valence-electron chi connectivity index (χ1n) is 9.82. The Hall–Kier alpha value is -2.63. The van der Waals surface area contributed by atoms with Crippen molar-refractivity contribution in [1.29, 1.82) is 0 Å². The highest BCUT2D eigenvalue weighted by Crippen LogP contribution is 2.38. The first kappa shape index (κ1) is 19.7. The Bertz CT molecular complexity index is 987. The number of rotatable bonds is 4. The van der Waals surface area contributed by atoms with Crippen molar-refractivity contribution in [1.82, 2.24) is 4.90 Å². The fourth-order valence-electron chi connectivity index (χ4n) is 4.15. The van der Waals surface area contributed by atoms with Crippen LogP contribution in [0.3, 0.4) is 0 Å². The molecule has 0 spiro atoms. The van der Waals surface area contributed by atoms with Gasteiger partial charge in [0.1, 0.15) is 5.70 Å². The van der Waals surface area contributed by atoms with E-state index in [1.807, 2.05) is 35.2 Å². The van der Waals surface area contributed by atoms with Crippen LogP contribution in [0, 0.1) is 12.8 Å². The number of carbonyl (C=O) groups excluding carboxylic acids is 2. The van der Waals surface area contributed by atoms with E-state index in [-0.39, 0.29) is 24.3 Å². The molecule has 1 saturated heterocycles. The van der Waals surface area contributed by atoms with E-state index in [1.54, 1.807) is 25.1 Å². The minimum atomic E-state index is -0.340. The average Bonchev–Trinajstić information content (AvgIpc) is 3.01. The molecule has 2 aliphatic heterocycles. The molecule has 0 saturated carbocycles. The number of hydrogen-bond donors (Lipinski definition) is 1. The molecule has 4 rings (SSSR count). The molecule has 1 N–H and O–H groups in total. The molecule has 2 aliphatic rings. The van der Waals surface area contributed by atoms with Crippen LogP contribution in [0.15, 0.2) is 54.2 Å². The van der Waals surface area contributed by atoms with Crippen LogP contribution in [0.4, 0.5) is 5.69 Å². The lowest BCUT2D eigenvalue weighted by atomic mass is 9.97. The van der Waals surface area contributed by atoms with Crippen LogP contribution in [-0.2, 0) is 9.59 Å². The topological polar surface area (TPSA) is 60.9 Å². The number of hydrogen-bond acceptors (Lipinski definition) is 4. The summed E-state index contributed by atoms with van der Waals surface area (Å²) in [5.41, 5.74) is 2.74. The van der Waals surface area contributed by atoms with Gasteiger partial charge in [-0.05, 0) is 48.9 Å². The second-order valence-corrected chi connectivity index (χ2v) is 7.96. The lowest BCUT2D eigenvalue weighted by Gasteiger charge is -2.34. The normalized spacial score (nSPS) is 20.0. The number of carbonyl (C=O) groups is 2. The van der Waals surface area contributed by atoms with E-state index in [0.717, 1.165) is 12.8 Å². The van der Waals surface area contributed by atoms with E-state index >= 15 is 0 Å². The summed E-state index contributed by atoms with van der Waals surface area (Å²) < 4.78 is 0. The Labute approximate surface area is 175 Å². The zero-order valence-corrected chi connectivity index (χ0v) is 17.0. The molecule has 6 heteroatoms. The molecule has 5 nitrogen and oxygen atoms in total. The molecular formula is C23H23ClN2O3. The number of piperidine rings is 1. The SMILES string of the molecule is Cc1c(Cl)cccc1N1C(=O)C(c2ccccc2)=C(N2CCCC(CO)C2)C1=O. The molecule has 0 aromatic heterocycles. The lowest BCUT2D eigenvalue weighted by molar-refractivity contribution is -0.120. The van der Waals surface area contributed by atoms with Crippen LogP contribution < -0.4 is 4.90 Å². The van der Waals surface area contributed by atoms with E-state index in [1.165, 1.54) is 4.90 Å². The Morgan fingerprint density at radius 1 is 1.07 bits per heavy atom. The monoisotopic (exact) mass is 410 g/mol. The predicted octanol–water partition coefficient (Wildman–Crippen LogP) is 3.64. The minimum absolute atomic E-state index is 0.0731. The molecule has 1 fully saturated rings. The summed E-state index contributed by atoms with van der Waals surface area (Å²) in [5, 5.41) is 10.1. The third kappa shape index (κ3) is 3.45. The van der Waals surface area contributed by atoms with Gasteiger partial charge in [-0.15, -0.1) is 0 Å². The van der Waals surface area contributed by atoms with Gasteiger partial charge in [0, 0.05) is 24.7 Å². The van der Waals surface area contributed by atoms with Gasteiger partial charge in [0.25, 0.3) is 11.8 Å². The third-order valence-electron chi connectivity index (χ3n) is 5.70. The summed E-state index contributed by atoms with van der Waals surface area (Å²) in [4.78, 5) is 30.3. The number of imide groups is 1. The molecule has 0 aliphatic carbocycles. The second-order valence-electron chi connectivity index (χ2n) is 7.56. The van der Waals surface area contributed by atoms with Gasteiger partial charge in [0.05, 0.1) is 11.3 Å². The van der Waals surface area contributed by atoms with Crippen LogP contribution >= 0.6 is 11.6 Å². The van der Waals surface area contributed by atoms with Crippen molar-refractivity contribution in [3.05, 3.63) is 70.4 Å². The number of likely N-dealkylation sites (tertiary alicyclic amines) is 1.